The van der Waals surface area contributed by atoms with E-state index < -0.39 is 52.8 Å². The number of hydrogen-bond donors (Lipinski definition) is 1. The summed E-state index contributed by atoms with van der Waals surface area (Å²) in [6.07, 6.45) is 0.672. The molecule has 0 heterocycles. The zero-order chi connectivity index (χ0) is 17.6. The standard InChI is InChI=1S/C14H12F5NO3/c1-2-23-14(22)8(6-20-4-3-15)13(21)7-5-9(16)11(18)12(19)10(7)17/h5-6,21H,2-4H2,1H3/b13-8+,20-6?. The van der Waals surface area contributed by atoms with Crippen molar-refractivity contribution in [3.05, 3.63) is 40.5 Å². The van der Waals surface area contributed by atoms with Crippen LogP contribution in [-0.2, 0) is 9.53 Å². The maximum atomic E-state index is 13.7. The fourth-order valence-electron chi connectivity index (χ4n) is 1.51. The van der Waals surface area contributed by atoms with Crippen LogP contribution in [0.5, 0.6) is 0 Å². The van der Waals surface area contributed by atoms with E-state index in [0.29, 0.717) is 6.21 Å². The number of hydrogen-bond acceptors (Lipinski definition) is 4. The van der Waals surface area contributed by atoms with Gasteiger partial charge in [-0.3, -0.25) is 4.99 Å². The van der Waals surface area contributed by atoms with Crippen molar-refractivity contribution in [1.82, 2.24) is 0 Å². The summed E-state index contributed by atoms with van der Waals surface area (Å²) >= 11 is 0. The van der Waals surface area contributed by atoms with E-state index in [1.165, 1.54) is 6.92 Å². The molecule has 4 nitrogen and oxygen atoms in total. The second-order valence-electron chi connectivity index (χ2n) is 4.05. The molecule has 126 valence electrons. The van der Waals surface area contributed by atoms with Crippen LogP contribution in [0.4, 0.5) is 22.0 Å². The summed E-state index contributed by atoms with van der Waals surface area (Å²) in [6, 6.07) is 0.172. The lowest BCUT2D eigenvalue weighted by molar-refractivity contribution is -0.137. The molecule has 1 N–H and O–H groups in total. The summed E-state index contributed by atoms with van der Waals surface area (Å²) in [5.41, 5.74) is -1.86. The molecule has 0 fully saturated rings. The van der Waals surface area contributed by atoms with Crippen LogP contribution in [0, 0.1) is 23.3 Å². The van der Waals surface area contributed by atoms with Crippen LogP contribution in [-0.4, -0.2) is 37.1 Å². The zero-order valence-corrected chi connectivity index (χ0v) is 11.9. The molecule has 23 heavy (non-hydrogen) atoms. The van der Waals surface area contributed by atoms with Crippen molar-refractivity contribution in [2.45, 2.75) is 6.92 Å². The Morgan fingerprint density at radius 3 is 2.48 bits per heavy atom. The molecule has 0 aromatic heterocycles. The summed E-state index contributed by atoms with van der Waals surface area (Å²) in [4.78, 5) is 15.1. The molecular formula is C14H12F5NO3. The first kappa shape index (κ1) is 18.6. The quantitative estimate of drug-likeness (QED) is 0.165. The van der Waals surface area contributed by atoms with E-state index in [9.17, 15) is 31.9 Å². The van der Waals surface area contributed by atoms with Crippen molar-refractivity contribution in [2.24, 2.45) is 4.99 Å². The molecule has 0 aliphatic heterocycles. The van der Waals surface area contributed by atoms with Crippen LogP contribution in [0.1, 0.15) is 12.5 Å². The van der Waals surface area contributed by atoms with Crippen molar-refractivity contribution >= 4 is 17.9 Å². The molecule has 1 rings (SSSR count). The van der Waals surface area contributed by atoms with E-state index in [4.69, 9.17) is 0 Å². The predicted octanol–water partition coefficient (Wildman–Crippen LogP) is 3.12. The van der Waals surface area contributed by atoms with Gasteiger partial charge in [0.1, 0.15) is 18.0 Å². The van der Waals surface area contributed by atoms with Gasteiger partial charge in [-0.05, 0) is 13.0 Å². The lowest BCUT2D eigenvalue weighted by Gasteiger charge is -2.09. The van der Waals surface area contributed by atoms with Crippen LogP contribution in [0.15, 0.2) is 16.6 Å². The maximum absolute atomic E-state index is 13.7. The number of ether oxygens (including phenoxy) is 1. The monoisotopic (exact) mass is 337 g/mol. The van der Waals surface area contributed by atoms with E-state index in [2.05, 4.69) is 9.73 Å². The Kier molecular flexibility index (Phi) is 6.67. The van der Waals surface area contributed by atoms with Crippen LogP contribution in [0.2, 0.25) is 0 Å². The Morgan fingerprint density at radius 1 is 1.26 bits per heavy atom. The Morgan fingerprint density at radius 2 is 1.91 bits per heavy atom. The summed E-state index contributed by atoms with van der Waals surface area (Å²) in [7, 11) is 0. The molecule has 0 saturated heterocycles. The van der Waals surface area contributed by atoms with E-state index in [1.807, 2.05) is 0 Å². The van der Waals surface area contributed by atoms with Gasteiger partial charge in [0.15, 0.2) is 23.3 Å². The SMILES string of the molecule is CCOC(=O)/C(C=NCCF)=C(/O)c1cc(F)c(F)c(F)c1F. The van der Waals surface area contributed by atoms with Gasteiger partial charge in [0.2, 0.25) is 0 Å². The number of aliphatic hydroxyl groups is 1. The molecule has 0 spiro atoms. The van der Waals surface area contributed by atoms with Gasteiger partial charge in [0.05, 0.1) is 18.7 Å². The van der Waals surface area contributed by atoms with Gasteiger partial charge in [-0.15, -0.1) is 0 Å². The normalized spacial score (nSPS) is 12.4. The number of rotatable bonds is 6. The maximum Gasteiger partial charge on any atom is 0.343 e. The number of aliphatic imine (C=N–C) groups is 1. The predicted molar refractivity (Wildman–Crippen MR) is 71.8 cm³/mol. The van der Waals surface area contributed by atoms with Gasteiger partial charge in [0.25, 0.3) is 0 Å². The number of halogens is 5. The molecule has 9 heteroatoms. The number of alkyl halides is 1. The molecule has 0 aliphatic carbocycles. The number of nitrogens with zero attached hydrogens (tertiary/aromatic N) is 1. The number of aliphatic hydroxyl groups excluding tert-OH is 1. The van der Waals surface area contributed by atoms with Crippen LogP contribution in [0.25, 0.3) is 5.76 Å². The van der Waals surface area contributed by atoms with Crippen LogP contribution >= 0.6 is 0 Å². The van der Waals surface area contributed by atoms with Crippen molar-refractivity contribution in [2.75, 3.05) is 19.8 Å². The molecule has 0 unspecified atom stereocenters. The minimum atomic E-state index is -2.16. The lowest BCUT2D eigenvalue weighted by atomic mass is 10.1. The first-order chi connectivity index (χ1) is 10.8. The molecule has 0 bridgehead atoms. The highest BCUT2D eigenvalue weighted by Crippen LogP contribution is 2.25. The Labute approximate surface area is 127 Å². The number of carbonyl (C=O) groups excluding carboxylic acids is 1. The number of benzene rings is 1. The third-order valence-corrected chi connectivity index (χ3v) is 2.54. The van der Waals surface area contributed by atoms with Gasteiger partial charge < -0.3 is 9.84 Å². The van der Waals surface area contributed by atoms with Crippen molar-refractivity contribution < 1.29 is 36.6 Å². The van der Waals surface area contributed by atoms with Gasteiger partial charge in [0, 0.05) is 6.21 Å². The summed E-state index contributed by atoms with van der Waals surface area (Å²) in [5.74, 6) is -10.3. The van der Waals surface area contributed by atoms with E-state index in [-0.39, 0.29) is 19.2 Å². The van der Waals surface area contributed by atoms with Gasteiger partial charge in [-0.1, -0.05) is 0 Å². The largest absolute Gasteiger partial charge is 0.506 e. The van der Waals surface area contributed by atoms with Crippen molar-refractivity contribution in [3.8, 4) is 0 Å². The number of carbonyl (C=O) groups is 1. The number of esters is 1. The Balaban J connectivity index is 3.49. The molecule has 0 saturated carbocycles. The van der Waals surface area contributed by atoms with Crippen molar-refractivity contribution in [3.63, 3.8) is 0 Å². The Hall–Kier alpha value is -2.45. The summed E-state index contributed by atoms with van der Waals surface area (Å²) in [5, 5.41) is 9.90. The second kappa shape index (κ2) is 8.25. The van der Waals surface area contributed by atoms with Gasteiger partial charge >= 0.3 is 5.97 Å². The van der Waals surface area contributed by atoms with Gasteiger partial charge in [-0.25, -0.2) is 26.7 Å². The first-order valence-electron chi connectivity index (χ1n) is 6.34. The second-order valence-corrected chi connectivity index (χ2v) is 4.05. The average molecular weight is 337 g/mol. The molecule has 0 aliphatic rings. The van der Waals surface area contributed by atoms with E-state index in [0.717, 1.165) is 0 Å². The zero-order valence-electron chi connectivity index (χ0n) is 11.9. The van der Waals surface area contributed by atoms with E-state index in [1.54, 1.807) is 0 Å². The van der Waals surface area contributed by atoms with E-state index >= 15 is 0 Å². The molecular weight excluding hydrogens is 325 g/mol. The highest BCUT2D eigenvalue weighted by atomic mass is 19.2. The average Bonchev–Trinajstić information content (AvgIpc) is 2.52. The molecule has 0 radical (unpaired) electrons. The third-order valence-electron chi connectivity index (χ3n) is 2.54. The minimum absolute atomic E-state index is 0.124. The molecule has 0 amide bonds. The molecule has 1 aromatic carbocycles. The van der Waals surface area contributed by atoms with Crippen LogP contribution < -0.4 is 0 Å². The highest BCUT2D eigenvalue weighted by Gasteiger charge is 2.24. The summed E-state index contributed by atoms with van der Waals surface area (Å²) in [6.45, 7) is 0.0661. The van der Waals surface area contributed by atoms with Crippen LogP contribution in [0.3, 0.4) is 0 Å². The third kappa shape index (κ3) is 4.27. The highest BCUT2D eigenvalue weighted by molar-refractivity contribution is 6.15. The fraction of sp³-hybridized carbons (Fsp3) is 0.286. The summed E-state index contributed by atoms with van der Waals surface area (Å²) < 4.78 is 69.6. The van der Waals surface area contributed by atoms with Gasteiger partial charge in [-0.2, -0.15) is 0 Å². The van der Waals surface area contributed by atoms with Crippen molar-refractivity contribution in [1.29, 1.82) is 0 Å². The minimum Gasteiger partial charge on any atom is -0.506 e. The topological polar surface area (TPSA) is 58.9 Å². The smallest absolute Gasteiger partial charge is 0.343 e. The fourth-order valence-corrected chi connectivity index (χ4v) is 1.51. The first-order valence-corrected chi connectivity index (χ1v) is 6.34. The Bertz CT molecular complexity index is 658. The molecule has 0 atom stereocenters. The lowest BCUT2D eigenvalue weighted by Crippen LogP contribution is -2.13. The molecule has 1 aromatic rings.